The monoisotopic (exact) mass is 234 g/mol. The third kappa shape index (κ3) is 1.95. The van der Waals surface area contributed by atoms with Crippen molar-refractivity contribution in [3.8, 4) is 0 Å². The zero-order chi connectivity index (χ0) is 12.5. The van der Waals surface area contributed by atoms with Crippen molar-refractivity contribution in [1.29, 1.82) is 0 Å². The van der Waals surface area contributed by atoms with Crippen molar-refractivity contribution >= 4 is 5.97 Å². The number of carboxylic acid groups (broad SMARTS) is 1. The summed E-state index contributed by atoms with van der Waals surface area (Å²) in [7, 11) is 0. The van der Waals surface area contributed by atoms with Crippen molar-refractivity contribution in [3.05, 3.63) is 35.4 Å². The smallest absolute Gasteiger partial charge is 0.307 e. The molecule has 1 N–H and O–H groups in total. The highest BCUT2D eigenvalue weighted by molar-refractivity contribution is 5.72. The average molecular weight is 234 g/mol. The van der Waals surface area contributed by atoms with Gasteiger partial charge in [0.25, 0.3) is 0 Å². The van der Waals surface area contributed by atoms with E-state index in [0.717, 1.165) is 12.0 Å². The van der Waals surface area contributed by atoms with Crippen LogP contribution in [0.2, 0.25) is 0 Å². The van der Waals surface area contributed by atoms with Gasteiger partial charge in [0, 0.05) is 0 Å². The summed E-state index contributed by atoms with van der Waals surface area (Å²) in [4.78, 5) is 11.2. The first-order chi connectivity index (χ1) is 8.10. The summed E-state index contributed by atoms with van der Waals surface area (Å²) in [5.41, 5.74) is 2.01. The molecule has 1 aliphatic heterocycles. The Balaban J connectivity index is 2.31. The molecule has 1 heterocycles. The van der Waals surface area contributed by atoms with Crippen molar-refractivity contribution in [3.63, 3.8) is 0 Å². The van der Waals surface area contributed by atoms with E-state index in [-0.39, 0.29) is 5.41 Å². The van der Waals surface area contributed by atoms with E-state index < -0.39 is 11.9 Å². The fourth-order valence-corrected chi connectivity index (χ4v) is 2.30. The fraction of sp³-hybridized carbons (Fsp3) is 0.500. The van der Waals surface area contributed by atoms with Crippen LogP contribution in [-0.2, 0) is 21.4 Å². The number of benzene rings is 1. The predicted molar refractivity (Wildman–Crippen MR) is 65.1 cm³/mol. The molecule has 1 unspecified atom stereocenters. The number of aliphatic carboxylic acids is 1. The minimum Gasteiger partial charge on any atom is -0.481 e. The molecule has 2 rings (SSSR count). The Morgan fingerprint density at radius 3 is 2.35 bits per heavy atom. The maximum Gasteiger partial charge on any atom is 0.307 e. The predicted octanol–water partition coefficient (Wildman–Crippen LogP) is 2.24. The Bertz CT molecular complexity index is 404. The maximum atomic E-state index is 11.2. The molecule has 1 fully saturated rings. The first-order valence-electron chi connectivity index (χ1n) is 6.00. The molecule has 3 heteroatoms. The SMILES string of the molecule is CCc1ccc(C2(C(C)C(=O)O)COC2)cc1. The summed E-state index contributed by atoms with van der Waals surface area (Å²) in [5, 5.41) is 9.19. The highest BCUT2D eigenvalue weighted by Crippen LogP contribution is 2.39. The summed E-state index contributed by atoms with van der Waals surface area (Å²) < 4.78 is 5.26. The normalized spacial score (nSPS) is 19.4. The van der Waals surface area contributed by atoms with Gasteiger partial charge in [-0.05, 0) is 17.5 Å². The highest BCUT2D eigenvalue weighted by Gasteiger charge is 2.48. The number of hydrogen-bond donors (Lipinski definition) is 1. The third-order valence-corrected chi connectivity index (χ3v) is 3.86. The molecule has 0 bridgehead atoms. The van der Waals surface area contributed by atoms with Crippen LogP contribution in [0.3, 0.4) is 0 Å². The lowest BCUT2D eigenvalue weighted by Gasteiger charge is -2.44. The van der Waals surface area contributed by atoms with Crippen molar-refractivity contribution in [1.82, 2.24) is 0 Å². The average Bonchev–Trinajstić information content (AvgIpc) is 2.28. The van der Waals surface area contributed by atoms with Gasteiger partial charge in [0.1, 0.15) is 0 Å². The summed E-state index contributed by atoms with van der Waals surface area (Å²) >= 11 is 0. The van der Waals surface area contributed by atoms with Crippen molar-refractivity contribution in [2.75, 3.05) is 13.2 Å². The van der Waals surface area contributed by atoms with Crippen molar-refractivity contribution in [2.45, 2.75) is 25.7 Å². The van der Waals surface area contributed by atoms with E-state index >= 15 is 0 Å². The third-order valence-electron chi connectivity index (χ3n) is 3.86. The molecule has 0 saturated carbocycles. The molecule has 1 aromatic carbocycles. The molecule has 1 aromatic rings. The first kappa shape index (κ1) is 12.1. The Kier molecular flexibility index (Phi) is 3.20. The van der Waals surface area contributed by atoms with Crippen LogP contribution in [0.15, 0.2) is 24.3 Å². The van der Waals surface area contributed by atoms with Gasteiger partial charge in [0.15, 0.2) is 0 Å². The zero-order valence-electron chi connectivity index (χ0n) is 10.3. The van der Waals surface area contributed by atoms with Crippen molar-refractivity contribution < 1.29 is 14.6 Å². The van der Waals surface area contributed by atoms with Gasteiger partial charge in [-0.15, -0.1) is 0 Å². The van der Waals surface area contributed by atoms with E-state index in [0.29, 0.717) is 13.2 Å². The van der Waals surface area contributed by atoms with Gasteiger partial charge in [-0.1, -0.05) is 38.1 Å². The van der Waals surface area contributed by atoms with Gasteiger partial charge in [-0.2, -0.15) is 0 Å². The Hall–Kier alpha value is -1.35. The van der Waals surface area contributed by atoms with Gasteiger partial charge in [-0.3, -0.25) is 4.79 Å². The van der Waals surface area contributed by atoms with Crippen LogP contribution in [0, 0.1) is 5.92 Å². The number of ether oxygens (including phenoxy) is 1. The molecular formula is C14H18O3. The molecule has 3 nitrogen and oxygen atoms in total. The molecule has 0 aromatic heterocycles. The molecule has 0 aliphatic carbocycles. The second-order valence-electron chi connectivity index (χ2n) is 4.76. The Morgan fingerprint density at radius 2 is 2.00 bits per heavy atom. The molecule has 1 saturated heterocycles. The summed E-state index contributed by atoms with van der Waals surface area (Å²) in [6.45, 7) is 4.88. The van der Waals surface area contributed by atoms with E-state index in [1.54, 1.807) is 6.92 Å². The van der Waals surface area contributed by atoms with E-state index in [4.69, 9.17) is 4.74 Å². The minimum atomic E-state index is -0.757. The number of aryl methyl sites for hydroxylation is 1. The van der Waals surface area contributed by atoms with E-state index in [9.17, 15) is 9.90 Å². The van der Waals surface area contributed by atoms with E-state index in [2.05, 4.69) is 19.1 Å². The molecule has 0 amide bonds. The lowest BCUT2D eigenvalue weighted by molar-refractivity contribution is -0.155. The lowest BCUT2D eigenvalue weighted by atomic mass is 9.69. The molecule has 17 heavy (non-hydrogen) atoms. The van der Waals surface area contributed by atoms with Gasteiger partial charge in [0.05, 0.1) is 24.5 Å². The van der Waals surface area contributed by atoms with Crippen LogP contribution in [-0.4, -0.2) is 24.3 Å². The zero-order valence-corrected chi connectivity index (χ0v) is 10.3. The molecule has 92 valence electrons. The Labute approximate surface area is 101 Å². The summed E-state index contributed by atoms with van der Waals surface area (Å²) in [6.07, 6.45) is 0.998. The largest absolute Gasteiger partial charge is 0.481 e. The topological polar surface area (TPSA) is 46.5 Å². The lowest BCUT2D eigenvalue weighted by Crippen LogP contribution is -2.53. The van der Waals surface area contributed by atoms with Gasteiger partial charge in [0.2, 0.25) is 0 Å². The van der Waals surface area contributed by atoms with Crippen LogP contribution in [0.25, 0.3) is 0 Å². The molecule has 1 aliphatic rings. The quantitative estimate of drug-likeness (QED) is 0.869. The first-order valence-corrected chi connectivity index (χ1v) is 6.00. The van der Waals surface area contributed by atoms with E-state index in [1.165, 1.54) is 5.56 Å². The second-order valence-corrected chi connectivity index (χ2v) is 4.76. The van der Waals surface area contributed by atoms with Gasteiger partial charge >= 0.3 is 5.97 Å². The summed E-state index contributed by atoms with van der Waals surface area (Å²) in [6, 6.07) is 8.23. The number of hydrogen-bond acceptors (Lipinski definition) is 2. The van der Waals surface area contributed by atoms with Crippen LogP contribution in [0.4, 0.5) is 0 Å². The van der Waals surface area contributed by atoms with Crippen LogP contribution in [0.1, 0.15) is 25.0 Å². The number of carboxylic acids is 1. The second kappa shape index (κ2) is 4.49. The molecular weight excluding hydrogens is 216 g/mol. The highest BCUT2D eigenvalue weighted by atomic mass is 16.5. The summed E-state index contributed by atoms with van der Waals surface area (Å²) in [5.74, 6) is -1.17. The molecule has 0 radical (unpaired) electrons. The molecule has 1 atom stereocenters. The minimum absolute atomic E-state index is 0.335. The van der Waals surface area contributed by atoms with Crippen LogP contribution < -0.4 is 0 Å². The maximum absolute atomic E-state index is 11.2. The molecule has 0 spiro atoms. The van der Waals surface area contributed by atoms with Crippen molar-refractivity contribution in [2.24, 2.45) is 5.92 Å². The van der Waals surface area contributed by atoms with Gasteiger partial charge in [-0.25, -0.2) is 0 Å². The van der Waals surface area contributed by atoms with Crippen LogP contribution in [0.5, 0.6) is 0 Å². The number of carbonyl (C=O) groups is 1. The standard InChI is InChI=1S/C14H18O3/c1-3-11-4-6-12(7-5-11)14(8-17-9-14)10(2)13(15)16/h4-7,10H,3,8-9H2,1-2H3,(H,15,16). The van der Waals surface area contributed by atoms with Crippen LogP contribution >= 0.6 is 0 Å². The van der Waals surface area contributed by atoms with E-state index in [1.807, 2.05) is 12.1 Å². The van der Waals surface area contributed by atoms with Gasteiger partial charge < -0.3 is 9.84 Å². The fourth-order valence-electron chi connectivity index (χ4n) is 2.30. The number of rotatable bonds is 4. The Morgan fingerprint density at radius 1 is 1.41 bits per heavy atom.